The van der Waals surface area contributed by atoms with Gasteiger partial charge in [0.05, 0.1) is 19.8 Å². The third-order valence-corrected chi connectivity index (χ3v) is 4.57. The highest BCUT2D eigenvalue weighted by Crippen LogP contribution is 2.38. The van der Waals surface area contributed by atoms with Crippen LogP contribution in [0.2, 0.25) is 0 Å². The number of ether oxygens (including phenoxy) is 2. The van der Waals surface area contributed by atoms with Crippen LogP contribution in [0.25, 0.3) is 10.6 Å². The maximum Gasteiger partial charge on any atom is 0.270 e. The summed E-state index contributed by atoms with van der Waals surface area (Å²) in [5, 5.41) is 5.50. The van der Waals surface area contributed by atoms with Crippen LogP contribution in [0.15, 0.2) is 23.6 Å². The van der Waals surface area contributed by atoms with Crippen molar-refractivity contribution in [1.29, 1.82) is 0 Å². The van der Waals surface area contributed by atoms with E-state index in [4.69, 9.17) is 9.47 Å². The molecule has 5 nitrogen and oxygen atoms in total. The molecule has 0 aliphatic carbocycles. The van der Waals surface area contributed by atoms with Gasteiger partial charge in [-0.05, 0) is 25.0 Å². The predicted octanol–water partition coefficient (Wildman–Crippen LogP) is 3.75. The quantitative estimate of drug-likeness (QED) is 0.838. The Kier molecular flexibility index (Phi) is 5.98. The zero-order valence-corrected chi connectivity index (χ0v) is 14.7. The van der Waals surface area contributed by atoms with Crippen molar-refractivity contribution in [2.45, 2.75) is 32.7 Å². The summed E-state index contributed by atoms with van der Waals surface area (Å²) in [6, 6.07) is 5.79. The molecule has 23 heavy (non-hydrogen) atoms. The molecule has 0 spiro atoms. The summed E-state index contributed by atoms with van der Waals surface area (Å²) < 4.78 is 10.7. The highest BCUT2D eigenvalue weighted by Gasteiger charge is 2.18. The Morgan fingerprint density at radius 2 is 2.00 bits per heavy atom. The first-order chi connectivity index (χ1) is 11.1. The van der Waals surface area contributed by atoms with Gasteiger partial charge in [-0.1, -0.05) is 19.9 Å². The van der Waals surface area contributed by atoms with E-state index in [1.165, 1.54) is 11.3 Å². The van der Waals surface area contributed by atoms with Gasteiger partial charge in [-0.15, -0.1) is 11.3 Å². The summed E-state index contributed by atoms with van der Waals surface area (Å²) in [4.78, 5) is 16.7. The SMILES string of the molecule is CCC(CC)NC(=O)c1csc(-c2cccc(OC)c2OC)n1. The number of nitrogens with zero attached hydrogens (tertiary/aromatic N) is 1. The van der Waals surface area contributed by atoms with Crippen LogP contribution in [0, 0.1) is 0 Å². The van der Waals surface area contributed by atoms with Crippen LogP contribution in [-0.4, -0.2) is 31.2 Å². The molecule has 1 heterocycles. The Morgan fingerprint density at radius 3 is 2.61 bits per heavy atom. The normalized spacial score (nSPS) is 10.7. The summed E-state index contributed by atoms with van der Waals surface area (Å²) in [5.41, 5.74) is 1.25. The lowest BCUT2D eigenvalue weighted by molar-refractivity contribution is 0.0930. The number of thiazole rings is 1. The highest BCUT2D eigenvalue weighted by atomic mass is 32.1. The van der Waals surface area contributed by atoms with Crippen molar-refractivity contribution in [3.8, 4) is 22.1 Å². The van der Waals surface area contributed by atoms with Crippen molar-refractivity contribution in [2.75, 3.05) is 14.2 Å². The molecule has 0 saturated carbocycles. The molecular weight excluding hydrogens is 312 g/mol. The molecule has 1 amide bonds. The Bertz CT molecular complexity index is 666. The molecule has 0 atom stereocenters. The van der Waals surface area contributed by atoms with Gasteiger partial charge in [0.15, 0.2) is 11.5 Å². The standard InChI is InChI=1S/C17H22N2O3S/c1-5-11(6-2)18-16(20)13-10-23-17(19-13)12-8-7-9-14(21-3)15(12)22-4/h7-11H,5-6H2,1-4H3,(H,18,20). The molecule has 0 aliphatic heterocycles. The van der Waals surface area contributed by atoms with Gasteiger partial charge >= 0.3 is 0 Å². The molecule has 124 valence electrons. The van der Waals surface area contributed by atoms with Crippen molar-refractivity contribution >= 4 is 17.2 Å². The van der Waals surface area contributed by atoms with E-state index in [0.29, 0.717) is 17.2 Å². The molecule has 2 rings (SSSR count). The zero-order chi connectivity index (χ0) is 16.8. The number of benzene rings is 1. The Balaban J connectivity index is 2.28. The van der Waals surface area contributed by atoms with Crippen LogP contribution in [0.4, 0.5) is 0 Å². The molecule has 0 aliphatic rings. The third-order valence-electron chi connectivity index (χ3n) is 3.69. The van der Waals surface area contributed by atoms with E-state index >= 15 is 0 Å². The summed E-state index contributed by atoms with van der Waals surface area (Å²) in [7, 11) is 3.19. The number of rotatable bonds is 7. The lowest BCUT2D eigenvalue weighted by atomic mass is 10.1. The largest absolute Gasteiger partial charge is 0.493 e. The zero-order valence-electron chi connectivity index (χ0n) is 13.9. The molecule has 0 bridgehead atoms. The average molecular weight is 334 g/mol. The average Bonchev–Trinajstić information content (AvgIpc) is 3.08. The van der Waals surface area contributed by atoms with Crippen molar-refractivity contribution in [2.24, 2.45) is 0 Å². The minimum atomic E-state index is -0.136. The number of methoxy groups -OCH3 is 2. The Labute approximate surface area is 140 Å². The highest BCUT2D eigenvalue weighted by molar-refractivity contribution is 7.13. The molecule has 0 fully saturated rings. The number of carbonyl (C=O) groups is 1. The van der Waals surface area contributed by atoms with Gasteiger partial charge in [0.2, 0.25) is 0 Å². The fourth-order valence-electron chi connectivity index (χ4n) is 2.31. The van der Waals surface area contributed by atoms with E-state index in [0.717, 1.165) is 23.4 Å². The van der Waals surface area contributed by atoms with Crippen molar-refractivity contribution < 1.29 is 14.3 Å². The Hall–Kier alpha value is -2.08. The lowest BCUT2D eigenvalue weighted by Gasteiger charge is -2.13. The molecule has 2 aromatic rings. The number of nitrogens with one attached hydrogen (secondary N) is 1. The van der Waals surface area contributed by atoms with Gasteiger partial charge in [-0.2, -0.15) is 0 Å². The van der Waals surface area contributed by atoms with E-state index in [9.17, 15) is 4.79 Å². The molecule has 0 saturated heterocycles. The van der Waals surface area contributed by atoms with E-state index in [1.807, 2.05) is 18.2 Å². The van der Waals surface area contributed by atoms with Crippen molar-refractivity contribution in [1.82, 2.24) is 10.3 Å². The minimum absolute atomic E-state index is 0.136. The van der Waals surface area contributed by atoms with Gasteiger partial charge in [-0.3, -0.25) is 4.79 Å². The van der Waals surface area contributed by atoms with E-state index in [1.54, 1.807) is 19.6 Å². The van der Waals surface area contributed by atoms with Gasteiger partial charge in [0.1, 0.15) is 10.7 Å². The number of aromatic nitrogens is 1. The van der Waals surface area contributed by atoms with Gasteiger partial charge in [-0.25, -0.2) is 4.98 Å². The second kappa shape index (κ2) is 7.97. The maximum absolute atomic E-state index is 12.3. The number of hydrogen-bond acceptors (Lipinski definition) is 5. The summed E-state index contributed by atoms with van der Waals surface area (Å²) in [6.45, 7) is 4.12. The van der Waals surface area contributed by atoms with Crippen molar-refractivity contribution in [3.63, 3.8) is 0 Å². The first kappa shape index (κ1) is 17.3. The summed E-state index contributed by atoms with van der Waals surface area (Å²) >= 11 is 1.41. The number of para-hydroxylation sites is 1. The van der Waals surface area contributed by atoms with E-state index in [2.05, 4.69) is 24.1 Å². The Morgan fingerprint density at radius 1 is 1.26 bits per heavy atom. The van der Waals surface area contributed by atoms with Crippen LogP contribution in [0.5, 0.6) is 11.5 Å². The summed E-state index contributed by atoms with van der Waals surface area (Å²) in [5.74, 6) is 1.13. The molecular formula is C17H22N2O3S. The van der Waals surface area contributed by atoms with E-state index < -0.39 is 0 Å². The minimum Gasteiger partial charge on any atom is -0.493 e. The topological polar surface area (TPSA) is 60.5 Å². The lowest BCUT2D eigenvalue weighted by Crippen LogP contribution is -2.33. The fourth-order valence-corrected chi connectivity index (χ4v) is 3.13. The van der Waals surface area contributed by atoms with Crippen LogP contribution >= 0.6 is 11.3 Å². The van der Waals surface area contributed by atoms with Gasteiger partial charge < -0.3 is 14.8 Å². The first-order valence-electron chi connectivity index (χ1n) is 7.62. The first-order valence-corrected chi connectivity index (χ1v) is 8.50. The number of hydrogen-bond donors (Lipinski definition) is 1. The van der Waals surface area contributed by atoms with Crippen LogP contribution in [0.3, 0.4) is 0 Å². The van der Waals surface area contributed by atoms with Gasteiger partial charge in [0.25, 0.3) is 5.91 Å². The molecule has 0 unspecified atom stereocenters. The molecule has 6 heteroatoms. The predicted molar refractivity (Wildman–Crippen MR) is 92.5 cm³/mol. The second-order valence-corrected chi connectivity index (χ2v) is 5.92. The fraction of sp³-hybridized carbons (Fsp3) is 0.412. The third kappa shape index (κ3) is 3.82. The maximum atomic E-state index is 12.3. The summed E-state index contributed by atoms with van der Waals surface area (Å²) in [6.07, 6.45) is 1.81. The molecule has 1 aromatic heterocycles. The molecule has 0 radical (unpaired) electrons. The monoisotopic (exact) mass is 334 g/mol. The molecule has 1 N–H and O–H groups in total. The van der Waals surface area contributed by atoms with Crippen LogP contribution in [0.1, 0.15) is 37.2 Å². The second-order valence-electron chi connectivity index (χ2n) is 5.07. The van der Waals surface area contributed by atoms with Crippen LogP contribution in [-0.2, 0) is 0 Å². The molecule has 1 aromatic carbocycles. The van der Waals surface area contributed by atoms with Gasteiger partial charge in [0, 0.05) is 11.4 Å². The number of amides is 1. The van der Waals surface area contributed by atoms with Crippen LogP contribution < -0.4 is 14.8 Å². The van der Waals surface area contributed by atoms with E-state index in [-0.39, 0.29) is 11.9 Å². The van der Waals surface area contributed by atoms with Crippen molar-refractivity contribution in [3.05, 3.63) is 29.3 Å². The smallest absolute Gasteiger partial charge is 0.270 e. The number of carbonyl (C=O) groups excluding carboxylic acids is 1.